The number of hydrogen-bond donors (Lipinski definition) is 0. The first-order valence-corrected chi connectivity index (χ1v) is 19.5. The Morgan fingerprint density at radius 2 is 0.842 bits per heavy atom. The molecule has 0 spiro atoms. The van der Waals surface area contributed by atoms with Crippen LogP contribution in [0.15, 0.2) is 205 Å². The lowest BCUT2D eigenvalue weighted by atomic mass is 9.74. The van der Waals surface area contributed by atoms with Gasteiger partial charge in [-0.3, -0.25) is 0 Å². The normalized spacial score (nSPS) is 12.8. The predicted octanol–water partition coefficient (Wildman–Crippen LogP) is 14.0. The molecule has 1 aliphatic carbocycles. The number of aromatic nitrogens is 2. The maximum absolute atomic E-state index is 6.07. The molecule has 268 valence electrons. The molecule has 3 heteroatoms. The Kier molecular flexibility index (Phi) is 7.61. The van der Waals surface area contributed by atoms with E-state index in [2.05, 4.69) is 177 Å². The van der Waals surface area contributed by atoms with E-state index in [4.69, 9.17) is 14.4 Å². The van der Waals surface area contributed by atoms with Gasteiger partial charge in [-0.2, -0.15) is 0 Å². The van der Waals surface area contributed by atoms with Gasteiger partial charge in [0.25, 0.3) is 0 Å². The fraction of sp³-hybridized carbons (Fsp3) is 0.0370. The highest BCUT2D eigenvalue weighted by molar-refractivity contribution is 6.06. The lowest BCUT2D eigenvalue weighted by Crippen LogP contribution is -2.22. The molecule has 0 bridgehead atoms. The molecule has 0 atom stereocenters. The summed E-state index contributed by atoms with van der Waals surface area (Å²) in [4.78, 5) is 10.2. The fourth-order valence-corrected chi connectivity index (χ4v) is 8.79. The minimum Gasteiger partial charge on any atom is -0.456 e. The van der Waals surface area contributed by atoms with Crippen molar-refractivity contribution < 1.29 is 4.42 Å². The van der Waals surface area contributed by atoms with Gasteiger partial charge in [0.05, 0.1) is 11.4 Å². The molecule has 11 rings (SSSR count). The molecule has 0 saturated carbocycles. The van der Waals surface area contributed by atoms with Crippen LogP contribution in [0.25, 0.3) is 89.2 Å². The van der Waals surface area contributed by atoms with Crippen LogP contribution in [-0.4, -0.2) is 9.97 Å². The van der Waals surface area contributed by atoms with Crippen molar-refractivity contribution in [3.8, 4) is 67.3 Å². The molecular weight excluding hydrogens is 693 g/mol. The third-order valence-electron chi connectivity index (χ3n) is 11.8. The van der Waals surface area contributed by atoms with Gasteiger partial charge < -0.3 is 4.42 Å². The van der Waals surface area contributed by atoms with Crippen molar-refractivity contribution in [2.45, 2.75) is 12.3 Å². The van der Waals surface area contributed by atoms with Crippen molar-refractivity contribution in [2.75, 3.05) is 0 Å². The number of hydrogen-bond acceptors (Lipinski definition) is 3. The van der Waals surface area contributed by atoms with E-state index < -0.39 is 0 Å². The molecule has 8 aromatic carbocycles. The van der Waals surface area contributed by atoms with Gasteiger partial charge in [0.15, 0.2) is 5.82 Å². The predicted molar refractivity (Wildman–Crippen MR) is 234 cm³/mol. The second kappa shape index (κ2) is 13.1. The summed E-state index contributed by atoms with van der Waals surface area (Å²) in [5, 5.41) is 2.25. The van der Waals surface area contributed by atoms with Gasteiger partial charge in [0.2, 0.25) is 0 Å². The highest BCUT2D eigenvalue weighted by Crippen LogP contribution is 2.52. The first kappa shape index (κ1) is 33.0. The lowest BCUT2D eigenvalue weighted by molar-refractivity contribution is 0.669. The van der Waals surface area contributed by atoms with Crippen LogP contribution >= 0.6 is 0 Å². The van der Waals surface area contributed by atoms with Crippen molar-refractivity contribution in [1.82, 2.24) is 9.97 Å². The Bertz CT molecular complexity index is 3060. The van der Waals surface area contributed by atoms with E-state index in [1.165, 1.54) is 33.4 Å². The Labute approximate surface area is 331 Å². The molecule has 2 aromatic heterocycles. The van der Waals surface area contributed by atoms with E-state index in [1.807, 2.05) is 30.3 Å². The van der Waals surface area contributed by atoms with Crippen molar-refractivity contribution in [3.63, 3.8) is 0 Å². The second-order valence-corrected chi connectivity index (χ2v) is 15.1. The van der Waals surface area contributed by atoms with Crippen LogP contribution in [0.4, 0.5) is 0 Å². The maximum atomic E-state index is 6.07. The van der Waals surface area contributed by atoms with Crippen LogP contribution in [0.2, 0.25) is 0 Å². The molecule has 0 radical (unpaired) electrons. The van der Waals surface area contributed by atoms with E-state index in [1.54, 1.807) is 0 Å². The van der Waals surface area contributed by atoms with E-state index in [-0.39, 0.29) is 5.41 Å². The molecule has 0 saturated heterocycles. The summed E-state index contributed by atoms with van der Waals surface area (Å²) in [6, 6.07) is 71.1. The molecule has 3 nitrogen and oxygen atoms in total. The summed E-state index contributed by atoms with van der Waals surface area (Å²) in [5.41, 5.74) is 17.7. The monoisotopic (exact) mass is 728 g/mol. The SMILES string of the molecule is CC1(c2ccc(-c3ccc(-c4cc(-c5ccc(-c6ccc7oc8ccccc8c7c6)cc5)nc(-c5ccccc5)n4)cc3)cc2)c2ccccc2-c2ccccc21. The number of fused-ring (bicyclic) bond motifs is 6. The van der Waals surface area contributed by atoms with E-state index in [0.29, 0.717) is 5.82 Å². The minimum absolute atomic E-state index is 0.207. The van der Waals surface area contributed by atoms with Crippen LogP contribution in [0.3, 0.4) is 0 Å². The summed E-state index contributed by atoms with van der Waals surface area (Å²) < 4.78 is 6.07. The summed E-state index contributed by atoms with van der Waals surface area (Å²) in [5.74, 6) is 0.702. The molecule has 0 N–H and O–H groups in total. The number of para-hydroxylation sites is 1. The molecule has 0 amide bonds. The van der Waals surface area contributed by atoms with Gasteiger partial charge in [-0.1, -0.05) is 176 Å². The Morgan fingerprint density at radius 1 is 0.368 bits per heavy atom. The molecule has 10 aromatic rings. The molecule has 2 heterocycles. The van der Waals surface area contributed by atoms with Crippen LogP contribution < -0.4 is 0 Å². The van der Waals surface area contributed by atoms with Gasteiger partial charge >= 0.3 is 0 Å². The minimum atomic E-state index is -0.207. The summed E-state index contributed by atoms with van der Waals surface area (Å²) >= 11 is 0. The third-order valence-corrected chi connectivity index (χ3v) is 11.8. The van der Waals surface area contributed by atoms with Gasteiger partial charge in [0, 0.05) is 32.9 Å². The lowest BCUT2D eigenvalue weighted by Gasteiger charge is -2.28. The smallest absolute Gasteiger partial charge is 0.160 e. The number of rotatable bonds is 6. The third kappa shape index (κ3) is 5.50. The highest BCUT2D eigenvalue weighted by Gasteiger charge is 2.40. The van der Waals surface area contributed by atoms with Gasteiger partial charge in [-0.15, -0.1) is 0 Å². The number of benzene rings is 8. The highest BCUT2D eigenvalue weighted by atomic mass is 16.3. The Morgan fingerprint density at radius 3 is 1.47 bits per heavy atom. The zero-order valence-electron chi connectivity index (χ0n) is 31.4. The van der Waals surface area contributed by atoms with Crippen molar-refractivity contribution in [3.05, 3.63) is 217 Å². The summed E-state index contributed by atoms with van der Waals surface area (Å²) in [6.45, 7) is 2.36. The Balaban J connectivity index is 0.910. The van der Waals surface area contributed by atoms with E-state index in [9.17, 15) is 0 Å². The average Bonchev–Trinajstić information content (AvgIpc) is 3.79. The first-order valence-electron chi connectivity index (χ1n) is 19.5. The van der Waals surface area contributed by atoms with Crippen LogP contribution in [0.5, 0.6) is 0 Å². The van der Waals surface area contributed by atoms with E-state index >= 15 is 0 Å². The van der Waals surface area contributed by atoms with Crippen molar-refractivity contribution in [2.24, 2.45) is 0 Å². The fourth-order valence-electron chi connectivity index (χ4n) is 8.79. The number of furan rings is 1. The zero-order chi connectivity index (χ0) is 37.9. The average molecular weight is 729 g/mol. The largest absolute Gasteiger partial charge is 0.456 e. The summed E-state index contributed by atoms with van der Waals surface area (Å²) in [7, 11) is 0. The Hall–Kier alpha value is -7.36. The first-order chi connectivity index (χ1) is 28.1. The molecule has 0 aliphatic heterocycles. The molecular formula is C54H36N2O. The molecule has 0 unspecified atom stereocenters. The molecule has 0 fully saturated rings. The molecule has 1 aliphatic rings. The standard InChI is InChI=1S/C54H36N2O/c1-54(47-16-8-5-13-43(47)44-14-6-9-17-48(44)54)42-30-27-36(28-31-42)35-19-23-38(24-20-35)49-34-50(56-53(55-49)40-11-3-2-4-12-40)39-25-21-37(22-26-39)41-29-32-52-46(33-41)45-15-7-10-18-51(45)57-52/h2-34H,1H3. The quantitative estimate of drug-likeness (QED) is 0.171. The van der Waals surface area contributed by atoms with Crippen molar-refractivity contribution in [1.29, 1.82) is 0 Å². The number of nitrogens with zero attached hydrogens (tertiary/aromatic N) is 2. The zero-order valence-corrected chi connectivity index (χ0v) is 31.4. The van der Waals surface area contributed by atoms with Crippen LogP contribution in [0.1, 0.15) is 23.6 Å². The van der Waals surface area contributed by atoms with Crippen LogP contribution in [-0.2, 0) is 5.41 Å². The maximum Gasteiger partial charge on any atom is 0.160 e. The topological polar surface area (TPSA) is 38.9 Å². The van der Waals surface area contributed by atoms with Gasteiger partial charge in [-0.05, 0) is 81.3 Å². The van der Waals surface area contributed by atoms with Crippen molar-refractivity contribution >= 4 is 21.9 Å². The van der Waals surface area contributed by atoms with Gasteiger partial charge in [0.1, 0.15) is 11.2 Å². The second-order valence-electron chi connectivity index (χ2n) is 15.1. The van der Waals surface area contributed by atoms with Crippen LogP contribution in [0, 0.1) is 0 Å². The summed E-state index contributed by atoms with van der Waals surface area (Å²) in [6.07, 6.45) is 0. The van der Waals surface area contributed by atoms with E-state index in [0.717, 1.165) is 66.7 Å². The molecule has 57 heavy (non-hydrogen) atoms. The van der Waals surface area contributed by atoms with Gasteiger partial charge in [-0.25, -0.2) is 9.97 Å².